The summed E-state index contributed by atoms with van der Waals surface area (Å²) in [7, 11) is -4.94. The van der Waals surface area contributed by atoms with Gasteiger partial charge in [-0.15, -0.1) is 10.2 Å². The summed E-state index contributed by atoms with van der Waals surface area (Å²) >= 11 is 3.71. The van der Waals surface area contributed by atoms with Crippen molar-refractivity contribution >= 4 is 27.3 Å². The molecule has 134 valence electrons. The lowest BCUT2D eigenvalue weighted by molar-refractivity contribution is -2.00. The predicted molar refractivity (Wildman–Crippen MR) is 87.6 cm³/mol. The second-order valence-electron chi connectivity index (χ2n) is 5.37. The van der Waals surface area contributed by atoms with E-state index in [1.165, 1.54) is 20.8 Å². The SMILES string of the molecule is BrC1=C[NH+](c2ccccc2)CCN(c2ccccc2)C1.[O-][Cl+3]([O-])([O-])[O-]. The molecule has 1 atom stereocenters. The summed E-state index contributed by atoms with van der Waals surface area (Å²) in [6.45, 7) is 3.04. The second kappa shape index (κ2) is 9.30. The van der Waals surface area contributed by atoms with Gasteiger partial charge in [0, 0.05) is 5.69 Å². The number of quaternary nitrogens is 1. The van der Waals surface area contributed by atoms with Gasteiger partial charge in [0.05, 0.1) is 17.6 Å². The van der Waals surface area contributed by atoms with E-state index >= 15 is 0 Å². The smallest absolute Gasteiger partial charge is 0.135 e. The Morgan fingerprint density at radius 1 is 0.880 bits per heavy atom. The molecule has 0 saturated heterocycles. The molecule has 0 saturated carbocycles. The molecule has 25 heavy (non-hydrogen) atoms. The Hall–Kier alpha value is -1.45. The number of nitrogens with one attached hydrogen (secondary N) is 1. The van der Waals surface area contributed by atoms with Crippen molar-refractivity contribution in [2.75, 3.05) is 24.5 Å². The van der Waals surface area contributed by atoms with Gasteiger partial charge in [0.1, 0.15) is 18.4 Å². The van der Waals surface area contributed by atoms with Crippen LogP contribution in [0.2, 0.25) is 0 Å². The summed E-state index contributed by atoms with van der Waals surface area (Å²) in [5, 5.41) is 0. The Kier molecular flexibility index (Phi) is 7.39. The maximum absolute atomic E-state index is 8.49. The molecule has 0 spiro atoms. The second-order valence-corrected chi connectivity index (χ2v) is 7.14. The third-order valence-electron chi connectivity index (χ3n) is 3.59. The summed E-state index contributed by atoms with van der Waals surface area (Å²) in [6, 6.07) is 21.2. The number of para-hydroxylation sites is 2. The van der Waals surface area contributed by atoms with E-state index in [1.54, 1.807) is 0 Å². The number of rotatable bonds is 2. The van der Waals surface area contributed by atoms with Gasteiger partial charge in [0.15, 0.2) is 0 Å². The van der Waals surface area contributed by atoms with Crippen molar-refractivity contribution < 1.29 is 33.8 Å². The van der Waals surface area contributed by atoms with E-state index in [2.05, 4.69) is 87.7 Å². The fourth-order valence-electron chi connectivity index (χ4n) is 2.56. The van der Waals surface area contributed by atoms with Gasteiger partial charge in [-0.25, -0.2) is 18.6 Å². The molecule has 0 aromatic heterocycles. The third kappa shape index (κ3) is 7.54. The quantitative estimate of drug-likeness (QED) is 0.607. The standard InChI is InChI=1S/C17H17BrN2.ClHO4/c18-15-13-19(16-7-3-1-4-8-16)11-12-20(14-15)17-9-5-2-6-10-17;2-1(3,4)5/h1-10,13H,11-12,14H2;(H,2,3,4,5). The molecule has 1 aliphatic heterocycles. The molecule has 1 heterocycles. The first kappa shape index (κ1) is 19.9. The zero-order chi connectivity index (χ0) is 18.3. The fraction of sp³-hybridized carbons (Fsp3) is 0.176. The van der Waals surface area contributed by atoms with Crippen molar-refractivity contribution in [2.45, 2.75) is 0 Å². The summed E-state index contributed by atoms with van der Waals surface area (Å²) in [6.07, 6.45) is 2.28. The maximum atomic E-state index is 8.49. The highest BCUT2D eigenvalue weighted by molar-refractivity contribution is 9.11. The number of benzene rings is 2. The van der Waals surface area contributed by atoms with E-state index < -0.39 is 10.2 Å². The van der Waals surface area contributed by atoms with Crippen LogP contribution in [-0.2, 0) is 0 Å². The normalized spacial score (nSPS) is 17.9. The number of hydrogen-bond acceptors (Lipinski definition) is 5. The summed E-state index contributed by atoms with van der Waals surface area (Å²) < 4.78 is 35.2. The Balaban J connectivity index is 0.000000399. The Bertz CT molecular complexity index is 674. The highest BCUT2D eigenvalue weighted by Gasteiger charge is 2.19. The van der Waals surface area contributed by atoms with Gasteiger partial charge >= 0.3 is 0 Å². The Morgan fingerprint density at radius 2 is 1.40 bits per heavy atom. The van der Waals surface area contributed by atoms with Crippen LogP contribution in [0.5, 0.6) is 0 Å². The van der Waals surface area contributed by atoms with Crippen molar-refractivity contribution in [3.63, 3.8) is 0 Å². The van der Waals surface area contributed by atoms with E-state index in [-0.39, 0.29) is 0 Å². The van der Waals surface area contributed by atoms with E-state index in [0.717, 1.165) is 19.6 Å². The maximum Gasteiger partial charge on any atom is 0.135 e. The molecular formula is C17H18BrClN2O4. The first-order chi connectivity index (χ1) is 11.8. The average Bonchev–Trinajstić information content (AvgIpc) is 2.77. The molecule has 1 aliphatic rings. The van der Waals surface area contributed by atoms with Crippen LogP contribution >= 0.6 is 15.9 Å². The van der Waals surface area contributed by atoms with Crippen LogP contribution in [0.15, 0.2) is 71.3 Å². The number of halogens is 2. The van der Waals surface area contributed by atoms with Gasteiger partial charge in [-0.1, -0.05) is 36.4 Å². The van der Waals surface area contributed by atoms with E-state index in [0.29, 0.717) is 0 Å². The monoisotopic (exact) mass is 428 g/mol. The van der Waals surface area contributed by atoms with Gasteiger partial charge in [-0.3, -0.25) is 4.90 Å². The largest absolute Gasteiger partial charge is 0.361 e. The van der Waals surface area contributed by atoms with Crippen molar-refractivity contribution in [2.24, 2.45) is 0 Å². The van der Waals surface area contributed by atoms with Crippen molar-refractivity contribution in [1.29, 1.82) is 0 Å². The highest BCUT2D eigenvalue weighted by atomic mass is 79.9. The highest BCUT2D eigenvalue weighted by Crippen LogP contribution is 2.17. The van der Waals surface area contributed by atoms with Crippen molar-refractivity contribution in [1.82, 2.24) is 0 Å². The van der Waals surface area contributed by atoms with Gasteiger partial charge in [0.25, 0.3) is 0 Å². The van der Waals surface area contributed by atoms with E-state index in [1.807, 2.05) is 0 Å². The van der Waals surface area contributed by atoms with Gasteiger partial charge in [-0.2, -0.15) is 0 Å². The molecule has 2 aromatic rings. The zero-order valence-electron chi connectivity index (χ0n) is 13.3. The lowest BCUT2D eigenvalue weighted by atomic mass is 10.3. The predicted octanol–water partition coefficient (Wildman–Crippen LogP) is -1.80. The molecule has 1 N–H and O–H groups in total. The van der Waals surface area contributed by atoms with Crippen molar-refractivity contribution in [3.8, 4) is 0 Å². The summed E-state index contributed by atoms with van der Waals surface area (Å²) in [4.78, 5) is 3.81. The number of anilines is 1. The molecule has 0 aliphatic carbocycles. The molecule has 8 heteroatoms. The van der Waals surface area contributed by atoms with Gasteiger partial charge in [-0.05, 0) is 40.2 Å². The molecule has 6 nitrogen and oxygen atoms in total. The first-order valence-electron chi connectivity index (χ1n) is 7.52. The molecule has 0 fully saturated rings. The Morgan fingerprint density at radius 3 is 1.96 bits per heavy atom. The fourth-order valence-corrected chi connectivity index (χ4v) is 3.14. The van der Waals surface area contributed by atoms with Gasteiger partial charge in [0.2, 0.25) is 0 Å². The third-order valence-corrected chi connectivity index (χ3v) is 4.07. The van der Waals surface area contributed by atoms with Crippen LogP contribution in [0.3, 0.4) is 0 Å². The molecule has 0 bridgehead atoms. The molecule has 0 amide bonds. The number of nitrogens with zero attached hydrogens (tertiary/aromatic N) is 1. The van der Waals surface area contributed by atoms with Crippen LogP contribution < -0.4 is 28.4 Å². The van der Waals surface area contributed by atoms with Crippen LogP contribution in [0.4, 0.5) is 11.4 Å². The minimum atomic E-state index is -4.94. The molecular weight excluding hydrogens is 412 g/mol. The minimum Gasteiger partial charge on any atom is -0.361 e. The van der Waals surface area contributed by atoms with Crippen LogP contribution in [-0.4, -0.2) is 19.6 Å². The average molecular weight is 430 g/mol. The molecule has 0 radical (unpaired) electrons. The molecule has 2 aromatic carbocycles. The van der Waals surface area contributed by atoms with Crippen molar-refractivity contribution in [3.05, 3.63) is 71.3 Å². The van der Waals surface area contributed by atoms with Crippen LogP contribution in [0.1, 0.15) is 0 Å². The zero-order valence-corrected chi connectivity index (χ0v) is 15.7. The molecule has 3 rings (SSSR count). The lowest BCUT2D eigenvalue weighted by Gasteiger charge is -2.22. The van der Waals surface area contributed by atoms with Crippen LogP contribution in [0.25, 0.3) is 0 Å². The van der Waals surface area contributed by atoms with E-state index in [9.17, 15) is 0 Å². The first-order valence-corrected chi connectivity index (χ1v) is 9.55. The number of hydrogen-bond donors (Lipinski definition) is 1. The lowest BCUT2D eigenvalue weighted by Crippen LogP contribution is -3.03. The topological polar surface area (TPSA) is 99.9 Å². The van der Waals surface area contributed by atoms with Gasteiger partial charge < -0.3 is 4.90 Å². The van der Waals surface area contributed by atoms with Crippen LogP contribution in [0, 0.1) is 10.2 Å². The van der Waals surface area contributed by atoms with E-state index in [4.69, 9.17) is 18.6 Å². The molecule has 1 unspecified atom stereocenters. The Labute approximate surface area is 157 Å². The minimum absolute atomic E-state index is 0.931. The summed E-state index contributed by atoms with van der Waals surface area (Å²) in [5.74, 6) is 0. The summed E-state index contributed by atoms with van der Waals surface area (Å²) in [5.41, 5.74) is 2.60.